The summed E-state index contributed by atoms with van der Waals surface area (Å²) in [4.78, 5) is 11.8. The van der Waals surface area contributed by atoms with Crippen LogP contribution in [0.4, 0.5) is 0 Å². The molecular formula is C22H36O2. The van der Waals surface area contributed by atoms with Crippen molar-refractivity contribution < 1.29 is 9.90 Å². The average molecular weight is 333 g/mol. The highest BCUT2D eigenvalue weighted by atomic mass is 16.3. The molecule has 6 atom stereocenters. The second kappa shape index (κ2) is 5.97. The van der Waals surface area contributed by atoms with Gasteiger partial charge in [0.05, 0.1) is 5.60 Å². The largest absolute Gasteiger partial charge is 0.390 e. The first-order valence-corrected chi connectivity index (χ1v) is 10.2. The summed E-state index contributed by atoms with van der Waals surface area (Å²) in [5.41, 5.74) is 1.32. The van der Waals surface area contributed by atoms with Gasteiger partial charge in [0.25, 0.3) is 0 Å². The monoisotopic (exact) mass is 332 g/mol. The Hall–Kier alpha value is -0.630. The van der Waals surface area contributed by atoms with Crippen molar-refractivity contribution in [2.24, 2.45) is 28.6 Å². The van der Waals surface area contributed by atoms with Gasteiger partial charge in [0.15, 0.2) is 5.78 Å². The molecule has 0 aliphatic heterocycles. The first kappa shape index (κ1) is 18.2. The number of ketones is 1. The predicted octanol–water partition coefficient (Wildman–Crippen LogP) is 5.30. The van der Waals surface area contributed by atoms with Crippen molar-refractivity contribution in [2.75, 3.05) is 0 Å². The zero-order valence-corrected chi connectivity index (χ0v) is 16.3. The molecule has 2 heteroatoms. The lowest BCUT2D eigenvalue weighted by Gasteiger charge is -2.58. The highest BCUT2D eigenvalue weighted by molar-refractivity contribution is 5.91. The van der Waals surface area contributed by atoms with E-state index in [2.05, 4.69) is 20.8 Å². The van der Waals surface area contributed by atoms with Crippen molar-refractivity contribution in [1.29, 1.82) is 0 Å². The molecule has 0 radical (unpaired) electrons. The van der Waals surface area contributed by atoms with Crippen molar-refractivity contribution in [1.82, 2.24) is 0 Å². The number of hydrogen-bond donors (Lipinski definition) is 1. The summed E-state index contributed by atoms with van der Waals surface area (Å²) in [7, 11) is 0. The second-order valence-electron chi connectivity index (χ2n) is 9.24. The molecule has 4 rings (SSSR count). The number of carbonyl (C=O) groups is 1. The zero-order chi connectivity index (χ0) is 17.8. The maximum Gasteiger partial charge on any atom is 0.155 e. The average Bonchev–Trinajstić information content (AvgIpc) is 2.80. The van der Waals surface area contributed by atoms with Crippen LogP contribution < -0.4 is 0 Å². The van der Waals surface area contributed by atoms with Gasteiger partial charge in [-0.15, -0.1) is 0 Å². The molecule has 0 aromatic heterocycles. The van der Waals surface area contributed by atoms with E-state index in [1.165, 1.54) is 24.8 Å². The summed E-state index contributed by atoms with van der Waals surface area (Å²) in [6, 6.07) is 0. The van der Waals surface area contributed by atoms with Crippen LogP contribution in [-0.2, 0) is 4.79 Å². The summed E-state index contributed by atoms with van der Waals surface area (Å²) in [6.45, 7) is 10.8. The smallest absolute Gasteiger partial charge is 0.155 e. The lowest BCUT2D eigenvalue weighted by Crippen LogP contribution is -2.53. The number of carbonyl (C=O) groups excluding carboxylic acids is 1. The van der Waals surface area contributed by atoms with Crippen LogP contribution in [0.3, 0.4) is 0 Å². The summed E-state index contributed by atoms with van der Waals surface area (Å²) < 4.78 is 0. The van der Waals surface area contributed by atoms with Crippen LogP contribution in [0.5, 0.6) is 0 Å². The van der Waals surface area contributed by atoms with E-state index in [0.29, 0.717) is 11.7 Å². The molecule has 4 aliphatic rings. The van der Waals surface area contributed by atoms with Crippen LogP contribution in [-0.4, -0.2) is 16.5 Å². The van der Waals surface area contributed by atoms with Crippen LogP contribution in [0.25, 0.3) is 0 Å². The molecule has 24 heavy (non-hydrogen) atoms. The molecule has 136 valence electrons. The molecule has 0 heterocycles. The van der Waals surface area contributed by atoms with Crippen molar-refractivity contribution in [3.05, 3.63) is 11.6 Å². The quantitative estimate of drug-likeness (QED) is 0.654. The van der Waals surface area contributed by atoms with Crippen LogP contribution in [0.1, 0.15) is 86.0 Å². The summed E-state index contributed by atoms with van der Waals surface area (Å²) in [5, 5.41) is 10.9. The molecule has 6 unspecified atom stereocenters. The van der Waals surface area contributed by atoms with E-state index in [-0.39, 0.29) is 10.8 Å². The van der Waals surface area contributed by atoms with Crippen molar-refractivity contribution in [3.63, 3.8) is 0 Å². The van der Waals surface area contributed by atoms with E-state index in [0.717, 1.165) is 43.9 Å². The molecule has 0 bridgehead atoms. The Balaban J connectivity index is 0.000000815. The molecule has 0 spiro atoms. The third-order valence-corrected chi connectivity index (χ3v) is 8.52. The molecule has 0 amide bonds. The maximum absolute atomic E-state index is 11.8. The van der Waals surface area contributed by atoms with E-state index in [1.54, 1.807) is 0 Å². The fourth-order valence-corrected chi connectivity index (χ4v) is 6.80. The Bertz CT molecular complexity index is 546. The Morgan fingerprint density at radius 2 is 1.62 bits per heavy atom. The van der Waals surface area contributed by atoms with Crippen LogP contribution in [0.15, 0.2) is 11.6 Å². The summed E-state index contributed by atoms with van der Waals surface area (Å²) >= 11 is 0. The molecule has 3 fully saturated rings. The minimum absolute atomic E-state index is 0.107. The van der Waals surface area contributed by atoms with Gasteiger partial charge in [0, 0.05) is 6.42 Å². The fraction of sp³-hybridized carbons (Fsp3) is 0.864. The van der Waals surface area contributed by atoms with E-state index >= 15 is 0 Å². The Kier molecular flexibility index (Phi) is 4.52. The van der Waals surface area contributed by atoms with Gasteiger partial charge < -0.3 is 5.11 Å². The Morgan fingerprint density at radius 1 is 0.958 bits per heavy atom. The number of rotatable bonds is 0. The van der Waals surface area contributed by atoms with Gasteiger partial charge in [0.1, 0.15) is 0 Å². The molecule has 1 N–H and O–H groups in total. The summed E-state index contributed by atoms with van der Waals surface area (Å²) in [5.74, 6) is 2.50. The van der Waals surface area contributed by atoms with Crippen molar-refractivity contribution >= 4 is 5.78 Å². The molecule has 2 nitrogen and oxygen atoms in total. The van der Waals surface area contributed by atoms with Crippen molar-refractivity contribution in [3.8, 4) is 0 Å². The van der Waals surface area contributed by atoms with Gasteiger partial charge >= 0.3 is 0 Å². The second-order valence-corrected chi connectivity index (χ2v) is 9.24. The topological polar surface area (TPSA) is 37.3 Å². The van der Waals surface area contributed by atoms with Crippen LogP contribution in [0.2, 0.25) is 0 Å². The predicted molar refractivity (Wildman–Crippen MR) is 98.7 cm³/mol. The molecule has 4 aliphatic carbocycles. The van der Waals surface area contributed by atoms with E-state index in [1.807, 2.05) is 19.9 Å². The van der Waals surface area contributed by atoms with Gasteiger partial charge in [0.2, 0.25) is 0 Å². The highest BCUT2D eigenvalue weighted by Crippen LogP contribution is 2.67. The maximum atomic E-state index is 11.8. The molecule has 3 saturated carbocycles. The third kappa shape index (κ3) is 2.35. The van der Waals surface area contributed by atoms with Crippen LogP contribution >= 0.6 is 0 Å². The normalized spacial score (nSPS) is 50.0. The number of hydrogen-bond acceptors (Lipinski definition) is 2. The van der Waals surface area contributed by atoms with Gasteiger partial charge in [-0.1, -0.05) is 33.3 Å². The van der Waals surface area contributed by atoms with Gasteiger partial charge in [-0.05, 0) is 86.5 Å². The minimum atomic E-state index is -0.484. The molecule has 0 aromatic carbocycles. The Morgan fingerprint density at radius 3 is 2.33 bits per heavy atom. The lowest BCUT2D eigenvalue weighted by atomic mass is 9.46. The zero-order valence-electron chi connectivity index (χ0n) is 16.3. The van der Waals surface area contributed by atoms with E-state index in [4.69, 9.17) is 0 Å². The van der Waals surface area contributed by atoms with E-state index in [9.17, 15) is 9.90 Å². The number of fused-ring (bicyclic) bond motifs is 5. The minimum Gasteiger partial charge on any atom is -0.390 e. The fourth-order valence-electron chi connectivity index (χ4n) is 6.80. The van der Waals surface area contributed by atoms with E-state index < -0.39 is 5.60 Å². The highest BCUT2D eigenvalue weighted by Gasteiger charge is 2.62. The molecular weight excluding hydrogens is 296 g/mol. The first-order chi connectivity index (χ1) is 11.3. The number of aliphatic hydroxyl groups is 1. The standard InChI is InChI=1S/C20H30O2.C2H6/c1-18-9-6-14(21)12-13(18)4-5-15-16(18)7-10-19(2)17(15)8-11-20(19,3)22;1-2/h12,15-17,22H,4-11H2,1-3H3;1-2H3. The lowest BCUT2D eigenvalue weighted by molar-refractivity contribution is -0.124. The third-order valence-electron chi connectivity index (χ3n) is 8.52. The van der Waals surface area contributed by atoms with Crippen molar-refractivity contribution in [2.45, 2.75) is 91.6 Å². The number of allylic oxidation sites excluding steroid dienone is 1. The SMILES string of the molecule is CC.CC12CCC(=O)C=C1CCC1C2CCC2(C)C1CCC2(C)O. The first-order valence-electron chi connectivity index (χ1n) is 10.2. The Labute approximate surface area is 148 Å². The molecule has 0 saturated heterocycles. The van der Waals surface area contributed by atoms with Gasteiger partial charge in [-0.2, -0.15) is 0 Å². The van der Waals surface area contributed by atoms with Crippen LogP contribution in [0, 0.1) is 28.6 Å². The van der Waals surface area contributed by atoms with Gasteiger partial charge in [-0.3, -0.25) is 4.79 Å². The van der Waals surface area contributed by atoms with Gasteiger partial charge in [-0.25, -0.2) is 0 Å². The molecule has 0 aromatic rings. The summed E-state index contributed by atoms with van der Waals surface area (Å²) in [6.07, 6.45) is 10.7.